The first kappa shape index (κ1) is 12.3. The van der Waals surface area contributed by atoms with Crippen LogP contribution in [0.2, 0.25) is 0 Å². The molecule has 18 heavy (non-hydrogen) atoms. The van der Waals surface area contributed by atoms with E-state index in [4.69, 9.17) is 5.11 Å². The standard InChI is InChI=1S/C11H15N5O2/c1-7(2)6-16-9(8(11(17)18)13-14-16)10-12-4-5-15(10)3/h4-5,7H,6H2,1-3H3,(H,17,18). The monoisotopic (exact) mass is 249 g/mol. The molecule has 0 aliphatic carbocycles. The van der Waals surface area contributed by atoms with E-state index in [1.54, 1.807) is 28.7 Å². The van der Waals surface area contributed by atoms with Crippen LogP contribution in [0.15, 0.2) is 12.4 Å². The van der Waals surface area contributed by atoms with Crippen LogP contribution in [0.25, 0.3) is 11.5 Å². The Morgan fingerprint density at radius 3 is 2.72 bits per heavy atom. The van der Waals surface area contributed by atoms with Gasteiger partial charge >= 0.3 is 5.97 Å². The number of aryl methyl sites for hydroxylation is 1. The summed E-state index contributed by atoms with van der Waals surface area (Å²) in [6.07, 6.45) is 3.38. The van der Waals surface area contributed by atoms with E-state index >= 15 is 0 Å². The van der Waals surface area contributed by atoms with Crippen LogP contribution >= 0.6 is 0 Å². The molecule has 2 aromatic heterocycles. The lowest BCUT2D eigenvalue weighted by molar-refractivity contribution is 0.0691. The number of hydrogen-bond donors (Lipinski definition) is 1. The molecule has 1 N–H and O–H groups in total. The topological polar surface area (TPSA) is 85.8 Å². The predicted molar refractivity (Wildman–Crippen MR) is 64.0 cm³/mol. The van der Waals surface area contributed by atoms with E-state index in [1.165, 1.54) is 0 Å². The molecule has 0 aliphatic heterocycles. The van der Waals surface area contributed by atoms with Crippen molar-refractivity contribution in [1.29, 1.82) is 0 Å². The molecule has 0 unspecified atom stereocenters. The molecule has 0 bridgehead atoms. The maximum absolute atomic E-state index is 11.2. The number of nitrogens with zero attached hydrogens (tertiary/aromatic N) is 5. The summed E-state index contributed by atoms with van der Waals surface area (Å²) in [4.78, 5) is 15.3. The van der Waals surface area contributed by atoms with Gasteiger partial charge in [-0.1, -0.05) is 19.1 Å². The van der Waals surface area contributed by atoms with Gasteiger partial charge in [-0.05, 0) is 5.92 Å². The molecule has 0 aliphatic rings. The SMILES string of the molecule is CC(C)Cn1nnc(C(=O)O)c1-c1nccn1C. The second-order valence-electron chi connectivity index (χ2n) is 4.53. The highest BCUT2D eigenvalue weighted by Crippen LogP contribution is 2.21. The summed E-state index contributed by atoms with van der Waals surface area (Å²) in [5, 5.41) is 16.8. The van der Waals surface area contributed by atoms with Crippen molar-refractivity contribution < 1.29 is 9.90 Å². The van der Waals surface area contributed by atoms with Gasteiger partial charge in [0.25, 0.3) is 0 Å². The van der Waals surface area contributed by atoms with Crippen LogP contribution in [0, 0.1) is 5.92 Å². The highest BCUT2D eigenvalue weighted by atomic mass is 16.4. The van der Waals surface area contributed by atoms with Crippen molar-refractivity contribution in [2.45, 2.75) is 20.4 Å². The lowest BCUT2D eigenvalue weighted by Crippen LogP contribution is -2.11. The Morgan fingerprint density at radius 2 is 2.22 bits per heavy atom. The fourth-order valence-electron chi connectivity index (χ4n) is 1.75. The van der Waals surface area contributed by atoms with Gasteiger partial charge in [0.2, 0.25) is 5.69 Å². The predicted octanol–water partition coefficient (Wildman–Crippen LogP) is 1.03. The summed E-state index contributed by atoms with van der Waals surface area (Å²) < 4.78 is 3.35. The molecular weight excluding hydrogens is 234 g/mol. The van der Waals surface area contributed by atoms with Crippen molar-refractivity contribution in [3.8, 4) is 11.5 Å². The van der Waals surface area contributed by atoms with Crippen LogP contribution in [-0.2, 0) is 13.6 Å². The third-order valence-electron chi connectivity index (χ3n) is 2.51. The number of aromatic carboxylic acids is 1. The minimum Gasteiger partial charge on any atom is -0.476 e. The van der Waals surface area contributed by atoms with E-state index in [2.05, 4.69) is 15.3 Å². The van der Waals surface area contributed by atoms with Gasteiger partial charge < -0.3 is 9.67 Å². The third kappa shape index (κ3) is 2.11. The summed E-state index contributed by atoms with van der Waals surface area (Å²) in [5.41, 5.74) is 0.383. The highest BCUT2D eigenvalue weighted by molar-refractivity contribution is 5.91. The molecule has 0 radical (unpaired) electrons. The lowest BCUT2D eigenvalue weighted by Gasteiger charge is -2.09. The molecule has 0 aromatic carbocycles. The van der Waals surface area contributed by atoms with Crippen molar-refractivity contribution in [3.05, 3.63) is 18.1 Å². The zero-order chi connectivity index (χ0) is 13.3. The first-order valence-corrected chi connectivity index (χ1v) is 5.65. The molecule has 2 aromatic rings. The average Bonchev–Trinajstić information content (AvgIpc) is 2.83. The normalized spacial score (nSPS) is 11.1. The van der Waals surface area contributed by atoms with Gasteiger partial charge in [-0.3, -0.25) is 0 Å². The molecule has 0 spiro atoms. The van der Waals surface area contributed by atoms with E-state index in [0.29, 0.717) is 24.0 Å². The molecule has 2 rings (SSSR count). The minimum absolute atomic E-state index is 0.0649. The van der Waals surface area contributed by atoms with Gasteiger partial charge in [-0.15, -0.1) is 5.10 Å². The van der Waals surface area contributed by atoms with Gasteiger partial charge in [-0.25, -0.2) is 14.5 Å². The van der Waals surface area contributed by atoms with Gasteiger partial charge in [0.15, 0.2) is 5.82 Å². The van der Waals surface area contributed by atoms with Gasteiger partial charge in [-0.2, -0.15) is 0 Å². The second kappa shape index (κ2) is 4.59. The maximum Gasteiger partial charge on any atom is 0.358 e. The van der Waals surface area contributed by atoms with E-state index < -0.39 is 5.97 Å². The van der Waals surface area contributed by atoms with Gasteiger partial charge in [0, 0.05) is 26.0 Å². The van der Waals surface area contributed by atoms with E-state index in [0.717, 1.165) is 0 Å². The number of carboxylic acid groups (broad SMARTS) is 1. The van der Waals surface area contributed by atoms with Crippen LogP contribution in [-0.4, -0.2) is 35.6 Å². The highest BCUT2D eigenvalue weighted by Gasteiger charge is 2.23. The largest absolute Gasteiger partial charge is 0.476 e. The van der Waals surface area contributed by atoms with Crippen LogP contribution in [0.3, 0.4) is 0 Å². The molecule has 0 atom stereocenters. The molecule has 2 heterocycles. The number of imidazole rings is 1. The first-order valence-electron chi connectivity index (χ1n) is 5.65. The zero-order valence-electron chi connectivity index (χ0n) is 10.5. The van der Waals surface area contributed by atoms with Crippen molar-refractivity contribution in [2.24, 2.45) is 13.0 Å². The summed E-state index contributed by atoms with van der Waals surface area (Å²) in [6, 6.07) is 0. The number of rotatable bonds is 4. The minimum atomic E-state index is -1.09. The third-order valence-corrected chi connectivity index (χ3v) is 2.51. The molecule has 96 valence electrons. The summed E-state index contributed by atoms with van der Waals surface area (Å²) >= 11 is 0. The number of aromatic nitrogens is 5. The molecule has 0 amide bonds. The number of carboxylic acids is 1. The van der Waals surface area contributed by atoms with E-state index in [-0.39, 0.29) is 5.69 Å². The Kier molecular flexibility index (Phi) is 3.14. The maximum atomic E-state index is 11.2. The first-order chi connectivity index (χ1) is 8.50. The van der Waals surface area contributed by atoms with Crippen LogP contribution in [0.5, 0.6) is 0 Å². The summed E-state index contributed by atoms with van der Waals surface area (Å²) in [7, 11) is 1.81. The van der Waals surface area contributed by atoms with Crippen LogP contribution in [0.1, 0.15) is 24.3 Å². The number of carbonyl (C=O) groups is 1. The molecule has 7 heteroatoms. The quantitative estimate of drug-likeness (QED) is 0.874. The Morgan fingerprint density at radius 1 is 1.50 bits per heavy atom. The van der Waals surface area contributed by atoms with Crippen molar-refractivity contribution >= 4 is 5.97 Å². The van der Waals surface area contributed by atoms with Gasteiger partial charge in [0.1, 0.15) is 5.69 Å². The second-order valence-corrected chi connectivity index (χ2v) is 4.53. The van der Waals surface area contributed by atoms with Crippen LogP contribution in [0.4, 0.5) is 0 Å². The van der Waals surface area contributed by atoms with E-state index in [1.807, 2.05) is 13.8 Å². The smallest absolute Gasteiger partial charge is 0.358 e. The Bertz CT molecular complexity index is 570. The lowest BCUT2D eigenvalue weighted by atomic mass is 10.2. The fourth-order valence-corrected chi connectivity index (χ4v) is 1.75. The van der Waals surface area contributed by atoms with Crippen molar-refractivity contribution in [1.82, 2.24) is 24.5 Å². The Labute approximate surface area is 104 Å². The van der Waals surface area contributed by atoms with Crippen molar-refractivity contribution in [3.63, 3.8) is 0 Å². The molecule has 7 nitrogen and oxygen atoms in total. The van der Waals surface area contributed by atoms with Crippen LogP contribution < -0.4 is 0 Å². The Hall–Kier alpha value is -2.18. The average molecular weight is 249 g/mol. The van der Waals surface area contributed by atoms with Crippen molar-refractivity contribution in [2.75, 3.05) is 0 Å². The Balaban J connectivity index is 2.57. The zero-order valence-corrected chi connectivity index (χ0v) is 10.5. The molecule has 0 saturated carbocycles. The summed E-state index contributed by atoms with van der Waals surface area (Å²) in [5.74, 6) is -0.201. The molecule has 0 saturated heterocycles. The van der Waals surface area contributed by atoms with E-state index in [9.17, 15) is 4.79 Å². The van der Waals surface area contributed by atoms with Gasteiger partial charge in [0.05, 0.1) is 0 Å². The fraction of sp³-hybridized carbons (Fsp3) is 0.455. The molecular formula is C11H15N5O2. The molecule has 0 fully saturated rings. The summed E-state index contributed by atoms with van der Waals surface area (Å²) in [6.45, 7) is 4.66. The number of hydrogen-bond acceptors (Lipinski definition) is 4.